The average Bonchev–Trinajstić information content (AvgIpc) is 3.09. The smallest absolute Gasteiger partial charge is 0.306 e. The number of amides is 1. The highest BCUT2D eigenvalue weighted by Crippen LogP contribution is 2.22. The van der Waals surface area contributed by atoms with Crippen LogP contribution in [0.5, 0.6) is 0 Å². The summed E-state index contributed by atoms with van der Waals surface area (Å²) in [6, 6.07) is 13.6. The largest absolute Gasteiger partial charge is 0.481 e. The van der Waals surface area contributed by atoms with Crippen LogP contribution in [0.2, 0.25) is 0 Å². The van der Waals surface area contributed by atoms with Crippen molar-refractivity contribution in [3.8, 4) is 11.3 Å². The van der Waals surface area contributed by atoms with Crippen LogP contribution in [0.1, 0.15) is 18.6 Å². The summed E-state index contributed by atoms with van der Waals surface area (Å²) in [5.74, 6) is 0.637. The monoisotopic (exact) mass is 343 g/mol. The quantitative estimate of drug-likeness (QED) is 0.872. The lowest BCUT2D eigenvalue weighted by Crippen LogP contribution is -2.46. The molecule has 2 aromatic rings. The standard InChI is InChI=1S/C19H21NO5/c21-18(20-10-11-24-16(13-20)12-19(22)23)9-7-15-6-8-17(25-15)14-4-2-1-3-5-14/h1-6,8,16H,7,9-13H2,(H,22,23)/t16-/m0/s1. The third-order valence-corrected chi connectivity index (χ3v) is 4.20. The Bertz CT molecular complexity index is 724. The van der Waals surface area contributed by atoms with Gasteiger partial charge in [-0.1, -0.05) is 30.3 Å². The van der Waals surface area contributed by atoms with Crippen LogP contribution >= 0.6 is 0 Å². The molecule has 0 saturated carbocycles. The van der Waals surface area contributed by atoms with Gasteiger partial charge in [-0.2, -0.15) is 0 Å². The molecule has 6 nitrogen and oxygen atoms in total. The molecule has 0 spiro atoms. The molecule has 1 fully saturated rings. The van der Waals surface area contributed by atoms with Gasteiger partial charge in [0.2, 0.25) is 5.91 Å². The predicted molar refractivity (Wildman–Crippen MR) is 91.0 cm³/mol. The first-order chi connectivity index (χ1) is 12.1. The van der Waals surface area contributed by atoms with Crippen molar-refractivity contribution in [1.82, 2.24) is 4.90 Å². The molecule has 1 saturated heterocycles. The van der Waals surface area contributed by atoms with Crippen molar-refractivity contribution >= 4 is 11.9 Å². The molecule has 1 aromatic carbocycles. The number of furan rings is 1. The Labute approximate surface area is 146 Å². The fourth-order valence-electron chi connectivity index (χ4n) is 2.92. The summed E-state index contributed by atoms with van der Waals surface area (Å²) in [5, 5.41) is 8.84. The SMILES string of the molecule is O=C(O)C[C@H]1CN(C(=O)CCc2ccc(-c3ccccc3)o2)CCO1. The van der Waals surface area contributed by atoms with Gasteiger partial charge in [-0.25, -0.2) is 0 Å². The number of ether oxygens (including phenoxy) is 1. The van der Waals surface area contributed by atoms with Gasteiger partial charge in [-0.05, 0) is 12.1 Å². The Balaban J connectivity index is 1.52. The minimum Gasteiger partial charge on any atom is -0.481 e. The lowest BCUT2D eigenvalue weighted by molar-refractivity contribution is -0.147. The van der Waals surface area contributed by atoms with Crippen molar-refractivity contribution in [2.75, 3.05) is 19.7 Å². The third-order valence-electron chi connectivity index (χ3n) is 4.20. The van der Waals surface area contributed by atoms with E-state index in [9.17, 15) is 9.59 Å². The van der Waals surface area contributed by atoms with E-state index in [0.29, 0.717) is 32.5 Å². The van der Waals surface area contributed by atoms with Gasteiger partial charge in [-0.15, -0.1) is 0 Å². The second kappa shape index (κ2) is 7.98. The molecule has 1 amide bonds. The van der Waals surface area contributed by atoms with Crippen molar-refractivity contribution in [1.29, 1.82) is 0 Å². The van der Waals surface area contributed by atoms with Gasteiger partial charge in [0, 0.05) is 31.5 Å². The van der Waals surface area contributed by atoms with Crippen molar-refractivity contribution in [3.63, 3.8) is 0 Å². The van der Waals surface area contributed by atoms with Gasteiger partial charge >= 0.3 is 5.97 Å². The maximum Gasteiger partial charge on any atom is 0.306 e. The summed E-state index contributed by atoms with van der Waals surface area (Å²) in [6.07, 6.45) is 0.347. The second-order valence-corrected chi connectivity index (χ2v) is 6.06. The Hall–Kier alpha value is -2.60. The first-order valence-corrected chi connectivity index (χ1v) is 8.37. The fourth-order valence-corrected chi connectivity index (χ4v) is 2.92. The third kappa shape index (κ3) is 4.70. The molecular weight excluding hydrogens is 322 g/mol. The summed E-state index contributed by atoms with van der Waals surface area (Å²) in [5.41, 5.74) is 1.00. The van der Waals surface area contributed by atoms with E-state index in [1.807, 2.05) is 42.5 Å². The number of carboxylic acids is 1. The normalized spacial score (nSPS) is 17.4. The van der Waals surface area contributed by atoms with Crippen LogP contribution in [0.4, 0.5) is 0 Å². The van der Waals surface area contributed by atoms with E-state index in [1.165, 1.54) is 0 Å². The highest BCUT2D eigenvalue weighted by molar-refractivity contribution is 5.76. The fraction of sp³-hybridized carbons (Fsp3) is 0.368. The summed E-state index contributed by atoms with van der Waals surface area (Å²) in [4.78, 5) is 24.8. The van der Waals surface area contributed by atoms with Gasteiger partial charge in [0.1, 0.15) is 11.5 Å². The molecule has 1 aromatic heterocycles. The van der Waals surface area contributed by atoms with Crippen molar-refractivity contribution in [2.45, 2.75) is 25.4 Å². The molecule has 0 aliphatic carbocycles. The lowest BCUT2D eigenvalue weighted by Gasteiger charge is -2.32. The number of morpholine rings is 1. The van der Waals surface area contributed by atoms with Crippen molar-refractivity contribution in [2.24, 2.45) is 0 Å². The first-order valence-electron chi connectivity index (χ1n) is 8.37. The zero-order valence-corrected chi connectivity index (χ0v) is 13.9. The number of carbonyl (C=O) groups excluding carboxylic acids is 1. The molecule has 25 heavy (non-hydrogen) atoms. The van der Waals surface area contributed by atoms with E-state index in [0.717, 1.165) is 17.1 Å². The molecule has 132 valence electrons. The minimum absolute atomic E-state index is 0.00338. The highest BCUT2D eigenvalue weighted by Gasteiger charge is 2.25. The first kappa shape index (κ1) is 17.2. The summed E-state index contributed by atoms with van der Waals surface area (Å²) in [7, 11) is 0. The van der Waals surface area contributed by atoms with Crippen LogP contribution < -0.4 is 0 Å². The lowest BCUT2D eigenvalue weighted by atomic mass is 10.1. The molecule has 2 heterocycles. The number of aryl methyl sites for hydroxylation is 1. The Morgan fingerprint density at radius 3 is 2.72 bits per heavy atom. The topological polar surface area (TPSA) is 80.0 Å². The minimum atomic E-state index is -0.914. The summed E-state index contributed by atoms with van der Waals surface area (Å²) < 4.78 is 11.2. The van der Waals surface area contributed by atoms with Gasteiger partial charge in [0.25, 0.3) is 0 Å². The van der Waals surface area contributed by atoms with Crippen LogP contribution in [0.25, 0.3) is 11.3 Å². The van der Waals surface area contributed by atoms with Crippen LogP contribution in [0.15, 0.2) is 46.9 Å². The molecule has 0 unspecified atom stereocenters. The van der Waals surface area contributed by atoms with E-state index in [4.69, 9.17) is 14.3 Å². The molecule has 1 atom stereocenters. The number of aliphatic carboxylic acids is 1. The van der Waals surface area contributed by atoms with Gasteiger partial charge in [0.15, 0.2) is 0 Å². The zero-order valence-electron chi connectivity index (χ0n) is 13.9. The zero-order chi connectivity index (χ0) is 17.6. The number of rotatable bonds is 6. The van der Waals surface area contributed by atoms with Crippen LogP contribution in [0.3, 0.4) is 0 Å². The van der Waals surface area contributed by atoms with Crippen LogP contribution in [0, 0.1) is 0 Å². The number of hydrogen-bond acceptors (Lipinski definition) is 4. The molecule has 1 aliphatic rings. The molecular formula is C19H21NO5. The van der Waals surface area contributed by atoms with Crippen LogP contribution in [-0.2, 0) is 20.7 Å². The van der Waals surface area contributed by atoms with Crippen LogP contribution in [-0.4, -0.2) is 47.7 Å². The molecule has 1 aliphatic heterocycles. The predicted octanol–water partition coefficient (Wildman–Crippen LogP) is 2.58. The Morgan fingerprint density at radius 1 is 1.16 bits per heavy atom. The maximum absolute atomic E-state index is 12.4. The molecule has 1 N–H and O–H groups in total. The molecule has 0 radical (unpaired) electrons. The number of hydrogen-bond donors (Lipinski definition) is 1. The van der Waals surface area contributed by atoms with Crippen molar-refractivity contribution in [3.05, 3.63) is 48.2 Å². The van der Waals surface area contributed by atoms with E-state index >= 15 is 0 Å². The Morgan fingerprint density at radius 2 is 1.96 bits per heavy atom. The molecule has 0 bridgehead atoms. The van der Waals surface area contributed by atoms with E-state index in [-0.39, 0.29) is 12.3 Å². The highest BCUT2D eigenvalue weighted by atomic mass is 16.5. The van der Waals surface area contributed by atoms with Gasteiger partial charge < -0.3 is 19.2 Å². The number of carbonyl (C=O) groups is 2. The second-order valence-electron chi connectivity index (χ2n) is 6.06. The number of carboxylic acid groups (broad SMARTS) is 1. The summed E-state index contributed by atoms with van der Waals surface area (Å²) in [6.45, 7) is 1.21. The number of benzene rings is 1. The maximum atomic E-state index is 12.4. The average molecular weight is 343 g/mol. The van der Waals surface area contributed by atoms with Gasteiger partial charge in [-0.3, -0.25) is 9.59 Å². The molecule has 3 rings (SSSR count). The van der Waals surface area contributed by atoms with E-state index in [1.54, 1.807) is 4.90 Å². The van der Waals surface area contributed by atoms with Crippen molar-refractivity contribution < 1.29 is 23.8 Å². The number of nitrogens with zero attached hydrogens (tertiary/aromatic N) is 1. The van der Waals surface area contributed by atoms with Gasteiger partial charge in [0.05, 0.1) is 19.1 Å². The summed E-state index contributed by atoms with van der Waals surface area (Å²) >= 11 is 0. The van der Waals surface area contributed by atoms with E-state index < -0.39 is 12.1 Å². The van der Waals surface area contributed by atoms with E-state index in [2.05, 4.69) is 0 Å². The Kier molecular flexibility index (Phi) is 5.50. The molecule has 6 heteroatoms.